The van der Waals surface area contributed by atoms with E-state index in [0.717, 1.165) is 11.1 Å². The molecule has 2 aromatic rings. The van der Waals surface area contributed by atoms with Gasteiger partial charge in [0.15, 0.2) is 0 Å². The Morgan fingerprint density at radius 2 is 0.763 bits per heavy atom. The van der Waals surface area contributed by atoms with Gasteiger partial charge in [0.2, 0.25) is 11.8 Å². The van der Waals surface area contributed by atoms with Gasteiger partial charge in [0.25, 0.3) is 0 Å². The number of carboxylic acid groups (broad SMARTS) is 2. The van der Waals surface area contributed by atoms with Crippen LogP contribution < -0.4 is 0 Å². The van der Waals surface area contributed by atoms with Gasteiger partial charge in [-0.05, 0) is 63.1 Å². The third-order valence-corrected chi connectivity index (χ3v) is 12.9. The van der Waals surface area contributed by atoms with E-state index in [0.29, 0.717) is 66.1 Å². The number of hydrogen-bond donors (Lipinski definition) is 2. The largest absolute Gasteiger partial charge is 0.478 e. The summed E-state index contributed by atoms with van der Waals surface area (Å²) in [7, 11) is 0. The fraction of sp³-hybridized carbons (Fsp3) is 0.636. The van der Waals surface area contributed by atoms with E-state index in [9.17, 15) is 29.4 Å². The molecule has 2 heterocycles. The van der Waals surface area contributed by atoms with Crippen molar-refractivity contribution in [2.24, 2.45) is 23.7 Å². The molecule has 0 bridgehead atoms. The van der Waals surface area contributed by atoms with Gasteiger partial charge >= 0.3 is 11.9 Å². The number of thioether (sulfide) groups is 2. The van der Waals surface area contributed by atoms with E-state index in [1.807, 2.05) is 37.5 Å². The topological polar surface area (TPSA) is 161 Å². The van der Waals surface area contributed by atoms with E-state index in [-0.39, 0.29) is 79.9 Å². The third kappa shape index (κ3) is 14.5. The Morgan fingerprint density at radius 3 is 1.02 bits per heavy atom. The molecule has 2 aliphatic heterocycles. The predicted octanol–water partition coefficient (Wildman–Crippen LogP) is 7.11. The van der Waals surface area contributed by atoms with Crippen LogP contribution in [0.4, 0.5) is 0 Å². The maximum Gasteiger partial charge on any atom is 0.335 e. The van der Waals surface area contributed by atoms with E-state index >= 15 is 0 Å². The van der Waals surface area contributed by atoms with Crippen molar-refractivity contribution in [2.75, 3.05) is 66.1 Å². The van der Waals surface area contributed by atoms with Crippen molar-refractivity contribution in [3.05, 3.63) is 70.8 Å². The smallest absolute Gasteiger partial charge is 0.335 e. The average Bonchev–Trinajstić information content (AvgIpc) is 3.67. The molecule has 0 aliphatic carbocycles. The Labute approximate surface area is 358 Å². The minimum absolute atomic E-state index is 0.0548. The molecule has 15 heteroatoms. The van der Waals surface area contributed by atoms with Gasteiger partial charge in [-0.1, -0.05) is 52.0 Å². The Hall–Kier alpha value is -3.18. The second-order valence-electron chi connectivity index (χ2n) is 16.4. The number of amides is 2. The minimum Gasteiger partial charge on any atom is -0.478 e. The van der Waals surface area contributed by atoms with Gasteiger partial charge in [-0.15, -0.1) is 23.5 Å². The Bertz CT molecular complexity index is 1530. The lowest BCUT2D eigenvalue weighted by molar-refractivity contribution is -0.134. The summed E-state index contributed by atoms with van der Waals surface area (Å²) in [4.78, 5) is 52.3. The molecule has 2 N–H and O–H groups in total. The maximum atomic E-state index is 13.0. The standard InChI is InChI=1S/C44H64N2O11S2/c1-27(19-54-21-29(3)23-56-25-31(5)45-39(47)33(7)58-41(45)35-9-13-37(14-10-35)43(49)50)17-53-18-28(2)20-55-22-30(4)24-57-26-32(6)46-40(48)34(8)59-42(46)36-11-15-38(16-12-36)44(51)52/h9-16,27-34,41-42H,17-26H2,1-8H3,(H,49,50)(H,51,52). The van der Waals surface area contributed by atoms with E-state index in [2.05, 4.69) is 27.7 Å². The summed E-state index contributed by atoms with van der Waals surface area (Å²) in [6.07, 6.45) is 0. The number of nitrogens with zero attached hydrogens (tertiary/aromatic N) is 2. The highest BCUT2D eigenvalue weighted by atomic mass is 32.2. The number of aromatic carboxylic acids is 2. The highest BCUT2D eigenvalue weighted by molar-refractivity contribution is 8.01. The lowest BCUT2D eigenvalue weighted by Gasteiger charge is -2.30. The molecule has 2 aromatic carbocycles. The molecule has 0 saturated carbocycles. The summed E-state index contributed by atoms with van der Waals surface area (Å²) >= 11 is 3.13. The highest BCUT2D eigenvalue weighted by Crippen LogP contribution is 2.45. The van der Waals surface area contributed by atoms with E-state index < -0.39 is 11.9 Å². The van der Waals surface area contributed by atoms with Crippen LogP contribution in [0.5, 0.6) is 0 Å². The molecule has 0 radical (unpaired) electrons. The number of ether oxygens (including phenoxy) is 5. The molecule has 2 fully saturated rings. The summed E-state index contributed by atoms with van der Waals surface area (Å²) in [5, 5.41) is 17.7. The normalized spacial score (nSPS) is 22.6. The van der Waals surface area contributed by atoms with E-state index in [1.165, 1.54) is 0 Å². The molecule has 2 saturated heterocycles. The molecule has 2 amide bonds. The second kappa shape index (κ2) is 23.7. The molecular weight excluding hydrogens is 797 g/mol. The van der Waals surface area contributed by atoms with Gasteiger partial charge in [0.1, 0.15) is 10.7 Å². The quantitative estimate of drug-likeness (QED) is 0.0986. The van der Waals surface area contributed by atoms with Gasteiger partial charge in [-0.25, -0.2) is 9.59 Å². The summed E-state index contributed by atoms with van der Waals surface area (Å²) in [5.74, 6) is -1.05. The summed E-state index contributed by atoms with van der Waals surface area (Å²) in [6.45, 7) is 21.3. The zero-order valence-corrected chi connectivity index (χ0v) is 37.4. The molecule has 0 aromatic heterocycles. The molecule has 59 heavy (non-hydrogen) atoms. The van der Waals surface area contributed by atoms with Crippen LogP contribution in [0.3, 0.4) is 0 Å². The third-order valence-electron chi connectivity index (χ3n) is 10.1. The molecule has 13 nitrogen and oxygen atoms in total. The fourth-order valence-electron chi connectivity index (χ4n) is 6.88. The Kier molecular flexibility index (Phi) is 19.5. The van der Waals surface area contributed by atoms with Crippen LogP contribution in [0.2, 0.25) is 0 Å². The van der Waals surface area contributed by atoms with Crippen molar-refractivity contribution in [1.29, 1.82) is 0 Å². The zero-order valence-electron chi connectivity index (χ0n) is 35.7. The van der Waals surface area contributed by atoms with Crippen LogP contribution in [0.25, 0.3) is 0 Å². The van der Waals surface area contributed by atoms with Crippen molar-refractivity contribution in [3.8, 4) is 0 Å². The van der Waals surface area contributed by atoms with Crippen LogP contribution in [0.15, 0.2) is 48.5 Å². The molecular formula is C44H64N2O11S2. The summed E-state index contributed by atoms with van der Waals surface area (Å²) in [6, 6.07) is 13.1. The summed E-state index contributed by atoms with van der Waals surface area (Å²) in [5.41, 5.74) is 2.23. The minimum atomic E-state index is -0.977. The van der Waals surface area contributed by atoms with Crippen molar-refractivity contribution in [1.82, 2.24) is 9.80 Å². The number of hydrogen-bond acceptors (Lipinski definition) is 11. The molecule has 10 unspecified atom stereocenters. The van der Waals surface area contributed by atoms with Crippen molar-refractivity contribution in [3.63, 3.8) is 0 Å². The van der Waals surface area contributed by atoms with Gasteiger partial charge < -0.3 is 43.7 Å². The number of benzene rings is 2. The first-order chi connectivity index (χ1) is 28.1. The van der Waals surface area contributed by atoms with Crippen molar-refractivity contribution >= 4 is 47.3 Å². The van der Waals surface area contributed by atoms with Crippen molar-refractivity contribution < 1.29 is 53.1 Å². The lowest BCUT2D eigenvalue weighted by atomic mass is 10.1. The number of carbonyl (C=O) groups excluding carboxylic acids is 2. The second-order valence-corrected chi connectivity index (χ2v) is 19.3. The fourth-order valence-corrected chi connectivity index (χ4v) is 9.65. The first kappa shape index (κ1) is 48.5. The SMILES string of the molecule is CC(COCC(C)COCC(C)COCC(C)N1C(=O)C(C)SC1c1ccc(C(=O)O)cc1)COCC(C)COCC(C)N1C(=O)C(C)SC1c1ccc(C(=O)O)cc1. The van der Waals surface area contributed by atoms with Gasteiger partial charge in [0.05, 0.1) is 99.8 Å². The first-order valence-electron chi connectivity index (χ1n) is 20.6. The molecule has 10 atom stereocenters. The van der Waals surface area contributed by atoms with Gasteiger partial charge in [-0.3, -0.25) is 9.59 Å². The first-order valence-corrected chi connectivity index (χ1v) is 22.5. The predicted molar refractivity (Wildman–Crippen MR) is 230 cm³/mol. The van der Waals surface area contributed by atoms with Gasteiger partial charge in [0, 0.05) is 23.7 Å². The number of carboxylic acids is 2. The average molecular weight is 861 g/mol. The van der Waals surface area contributed by atoms with E-state index in [1.54, 1.807) is 72.1 Å². The highest BCUT2D eigenvalue weighted by Gasteiger charge is 2.42. The van der Waals surface area contributed by atoms with E-state index in [4.69, 9.17) is 23.7 Å². The van der Waals surface area contributed by atoms with Crippen LogP contribution in [0.1, 0.15) is 98.0 Å². The maximum absolute atomic E-state index is 13.0. The lowest BCUT2D eigenvalue weighted by Crippen LogP contribution is -2.40. The zero-order chi connectivity index (χ0) is 43.2. The van der Waals surface area contributed by atoms with Crippen LogP contribution >= 0.6 is 23.5 Å². The van der Waals surface area contributed by atoms with Gasteiger partial charge in [-0.2, -0.15) is 0 Å². The molecule has 328 valence electrons. The Balaban J connectivity index is 1.03. The van der Waals surface area contributed by atoms with Crippen LogP contribution in [-0.4, -0.2) is 132 Å². The van der Waals surface area contributed by atoms with Crippen molar-refractivity contribution in [2.45, 2.75) is 88.7 Å². The van der Waals surface area contributed by atoms with Crippen LogP contribution in [-0.2, 0) is 33.3 Å². The molecule has 2 aliphatic rings. The Morgan fingerprint density at radius 1 is 0.508 bits per heavy atom. The number of carbonyl (C=O) groups is 4. The van der Waals surface area contributed by atoms with Crippen LogP contribution in [0, 0.1) is 23.7 Å². The number of rotatable bonds is 26. The monoisotopic (exact) mass is 860 g/mol. The summed E-state index contributed by atoms with van der Waals surface area (Å²) < 4.78 is 30.0. The molecule has 0 spiro atoms. The molecule has 4 rings (SSSR count).